The molecule has 3 unspecified atom stereocenters. The SMILES string of the molecule is C=CC(Oc1ccc(C)c(N2C(=O)c3ccc(C(=O)OCC(O)CC)cc3C2=O)c1)C(=C)COc1ccc(N2C(=O)c3ccc(C(=O)OCC(O)CC)cc3C2=O)cc1C. The molecule has 2 aliphatic heterocycles. The fourth-order valence-corrected chi connectivity index (χ4v) is 6.47. The normalized spacial score (nSPS) is 14.6. The van der Waals surface area contributed by atoms with Crippen LogP contribution in [0.2, 0.25) is 0 Å². The zero-order chi connectivity index (χ0) is 43.4. The maximum absolute atomic E-state index is 13.6. The van der Waals surface area contributed by atoms with Crippen LogP contribution in [0.15, 0.2) is 97.6 Å². The van der Waals surface area contributed by atoms with Crippen molar-refractivity contribution in [3.8, 4) is 11.5 Å². The molecule has 2 heterocycles. The summed E-state index contributed by atoms with van der Waals surface area (Å²) in [5, 5.41) is 19.5. The van der Waals surface area contributed by atoms with Crippen LogP contribution in [0.4, 0.5) is 11.4 Å². The summed E-state index contributed by atoms with van der Waals surface area (Å²) >= 11 is 0. The highest BCUT2D eigenvalue weighted by molar-refractivity contribution is 6.35. The summed E-state index contributed by atoms with van der Waals surface area (Å²) in [6.45, 7) is 14.6. The van der Waals surface area contributed by atoms with E-state index < -0.39 is 53.9 Å². The Hall–Kier alpha value is -6.90. The number of aryl methyl sites for hydroxylation is 2. The maximum Gasteiger partial charge on any atom is 0.338 e. The molecule has 60 heavy (non-hydrogen) atoms. The van der Waals surface area contributed by atoms with Gasteiger partial charge < -0.3 is 29.2 Å². The number of aliphatic hydroxyl groups excluding tert-OH is 2. The van der Waals surface area contributed by atoms with Crippen LogP contribution in [0.1, 0.15) is 100.0 Å². The van der Waals surface area contributed by atoms with Gasteiger partial charge in [0.15, 0.2) is 0 Å². The van der Waals surface area contributed by atoms with E-state index in [0.717, 1.165) is 9.80 Å². The van der Waals surface area contributed by atoms with Crippen LogP contribution in [0, 0.1) is 13.8 Å². The van der Waals surface area contributed by atoms with E-state index in [1.54, 1.807) is 64.1 Å². The van der Waals surface area contributed by atoms with Crippen LogP contribution in [-0.4, -0.2) is 83.9 Å². The first-order chi connectivity index (χ1) is 28.7. The number of amides is 4. The Labute approximate surface area is 346 Å². The lowest BCUT2D eigenvalue weighted by Gasteiger charge is -2.22. The number of carbonyl (C=O) groups is 6. The van der Waals surface area contributed by atoms with Gasteiger partial charge in [0.05, 0.1) is 57.0 Å². The van der Waals surface area contributed by atoms with Crippen LogP contribution >= 0.6 is 0 Å². The average Bonchev–Trinajstić information content (AvgIpc) is 3.65. The Morgan fingerprint density at radius 1 is 0.683 bits per heavy atom. The second-order valence-corrected chi connectivity index (χ2v) is 14.4. The van der Waals surface area contributed by atoms with Gasteiger partial charge >= 0.3 is 11.9 Å². The van der Waals surface area contributed by atoms with Crippen molar-refractivity contribution >= 4 is 46.9 Å². The van der Waals surface area contributed by atoms with E-state index in [2.05, 4.69) is 13.2 Å². The Morgan fingerprint density at radius 3 is 1.75 bits per heavy atom. The third-order valence-electron chi connectivity index (χ3n) is 10.1. The number of anilines is 2. The second-order valence-electron chi connectivity index (χ2n) is 14.4. The van der Waals surface area contributed by atoms with Crippen molar-refractivity contribution in [3.63, 3.8) is 0 Å². The number of esters is 2. The smallest absolute Gasteiger partial charge is 0.338 e. The van der Waals surface area contributed by atoms with E-state index in [1.807, 2.05) is 0 Å². The van der Waals surface area contributed by atoms with E-state index in [4.69, 9.17) is 18.9 Å². The molecular formula is C46H44N2O12. The molecule has 2 N–H and O–H groups in total. The van der Waals surface area contributed by atoms with Gasteiger partial charge in [-0.2, -0.15) is 0 Å². The monoisotopic (exact) mass is 816 g/mol. The fraction of sp³-hybridized carbons (Fsp3) is 0.261. The standard InChI is InChI=1S/C46H44N2O12/c1-7-31(49)23-58-45(55)28-11-15-34-36(19-28)43(53)47(41(34)51)30-13-17-40(26(5)18-30)57-22-27(6)39(9-3)60-33-14-10-25(4)38(21-33)48-42(52)35-16-12-29(20-37(35)44(48)54)46(56)59-24-32(50)8-2/h9-21,31-32,39,49-50H,3,6-8,22-24H2,1-2,4-5H3. The summed E-state index contributed by atoms with van der Waals surface area (Å²) < 4.78 is 22.5. The topological polar surface area (TPSA) is 186 Å². The van der Waals surface area contributed by atoms with E-state index in [1.165, 1.54) is 42.5 Å². The molecule has 0 saturated heterocycles. The molecule has 0 saturated carbocycles. The molecular weight excluding hydrogens is 773 g/mol. The summed E-state index contributed by atoms with van der Waals surface area (Å²) in [5.74, 6) is -3.07. The number of aliphatic hydroxyl groups is 2. The minimum absolute atomic E-state index is 0.0165. The van der Waals surface area contributed by atoms with E-state index in [0.29, 0.717) is 46.7 Å². The van der Waals surface area contributed by atoms with Crippen molar-refractivity contribution < 1.29 is 57.9 Å². The molecule has 2 aliphatic rings. The van der Waals surface area contributed by atoms with Crippen LogP contribution in [-0.2, 0) is 9.47 Å². The van der Waals surface area contributed by atoms with Gasteiger partial charge in [-0.1, -0.05) is 33.1 Å². The van der Waals surface area contributed by atoms with Crippen LogP contribution in [0.3, 0.4) is 0 Å². The van der Waals surface area contributed by atoms with E-state index in [-0.39, 0.29) is 58.9 Å². The number of benzene rings is 4. The van der Waals surface area contributed by atoms with Gasteiger partial charge in [-0.3, -0.25) is 19.2 Å². The number of rotatable bonds is 17. The van der Waals surface area contributed by atoms with E-state index in [9.17, 15) is 39.0 Å². The van der Waals surface area contributed by atoms with Crippen molar-refractivity contribution in [1.82, 2.24) is 0 Å². The van der Waals surface area contributed by atoms with Crippen molar-refractivity contribution in [2.45, 2.75) is 58.8 Å². The summed E-state index contributed by atoms with van der Waals surface area (Å²) in [6, 6.07) is 17.9. The molecule has 14 nitrogen and oxygen atoms in total. The largest absolute Gasteiger partial charge is 0.489 e. The summed E-state index contributed by atoms with van der Waals surface area (Å²) in [4.78, 5) is 81.0. The molecule has 4 aromatic carbocycles. The lowest BCUT2D eigenvalue weighted by Crippen LogP contribution is -2.30. The van der Waals surface area contributed by atoms with Crippen molar-refractivity contribution in [1.29, 1.82) is 0 Å². The second kappa shape index (κ2) is 17.9. The molecule has 310 valence electrons. The number of imide groups is 2. The van der Waals surface area contributed by atoms with Gasteiger partial charge in [0.2, 0.25) is 0 Å². The molecule has 4 aromatic rings. The highest BCUT2D eigenvalue weighted by atomic mass is 16.5. The number of fused-ring (bicyclic) bond motifs is 2. The Balaban J connectivity index is 1.10. The molecule has 4 amide bonds. The molecule has 0 fully saturated rings. The first-order valence-corrected chi connectivity index (χ1v) is 19.2. The van der Waals surface area contributed by atoms with Crippen LogP contribution in [0.25, 0.3) is 0 Å². The molecule has 6 rings (SSSR count). The van der Waals surface area contributed by atoms with Gasteiger partial charge in [0.1, 0.15) is 37.4 Å². The van der Waals surface area contributed by atoms with Crippen LogP contribution < -0.4 is 19.3 Å². The minimum atomic E-state index is -0.818. The third kappa shape index (κ3) is 8.60. The third-order valence-corrected chi connectivity index (χ3v) is 10.1. The van der Waals surface area contributed by atoms with Crippen molar-refractivity contribution in [3.05, 3.63) is 142 Å². The molecule has 14 heteroatoms. The quantitative estimate of drug-likeness (QED) is 0.0687. The first-order valence-electron chi connectivity index (χ1n) is 19.2. The van der Waals surface area contributed by atoms with Crippen molar-refractivity contribution in [2.24, 2.45) is 0 Å². The fourth-order valence-electron chi connectivity index (χ4n) is 6.47. The highest BCUT2D eigenvalue weighted by Crippen LogP contribution is 2.35. The number of ether oxygens (including phenoxy) is 4. The van der Waals surface area contributed by atoms with Crippen LogP contribution in [0.5, 0.6) is 11.5 Å². The Morgan fingerprint density at radius 2 is 1.22 bits per heavy atom. The first kappa shape index (κ1) is 42.7. The molecule has 0 aliphatic carbocycles. The predicted molar refractivity (Wildman–Crippen MR) is 220 cm³/mol. The minimum Gasteiger partial charge on any atom is -0.489 e. The lowest BCUT2D eigenvalue weighted by atomic mass is 10.1. The number of hydrogen-bond donors (Lipinski definition) is 2. The summed E-state index contributed by atoms with van der Waals surface area (Å²) in [6.07, 6.45) is -0.0693. The van der Waals surface area contributed by atoms with Gasteiger partial charge in [0.25, 0.3) is 23.6 Å². The molecule has 0 spiro atoms. The van der Waals surface area contributed by atoms with E-state index >= 15 is 0 Å². The average molecular weight is 817 g/mol. The molecule has 0 bridgehead atoms. The summed E-state index contributed by atoms with van der Waals surface area (Å²) in [7, 11) is 0. The predicted octanol–water partition coefficient (Wildman–Crippen LogP) is 6.33. The summed E-state index contributed by atoms with van der Waals surface area (Å²) in [5.41, 5.74) is 2.76. The van der Waals surface area contributed by atoms with Gasteiger partial charge in [-0.25, -0.2) is 19.4 Å². The number of carbonyl (C=O) groups excluding carboxylic acids is 6. The van der Waals surface area contributed by atoms with Gasteiger partial charge in [0, 0.05) is 11.6 Å². The number of hydrogen-bond acceptors (Lipinski definition) is 12. The van der Waals surface area contributed by atoms with Gasteiger partial charge in [-0.15, -0.1) is 0 Å². The lowest BCUT2D eigenvalue weighted by molar-refractivity contribution is 0.0246. The molecule has 3 atom stereocenters. The Bertz CT molecular complexity index is 2440. The highest BCUT2D eigenvalue weighted by Gasteiger charge is 2.39. The zero-order valence-electron chi connectivity index (χ0n) is 33.6. The Kier molecular flexibility index (Phi) is 12.8. The molecule has 0 radical (unpaired) electrons. The molecule has 0 aromatic heterocycles. The van der Waals surface area contributed by atoms with Crippen molar-refractivity contribution in [2.75, 3.05) is 29.6 Å². The number of nitrogens with zero attached hydrogens (tertiary/aromatic N) is 2. The van der Waals surface area contributed by atoms with Gasteiger partial charge in [-0.05, 0) is 105 Å². The zero-order valence-corrected chi connectivity index (χ0v) is 33.6. The maximum atomic E-state index is 13.6.